The third-order valence-corrected chi connectivity index (χ3v) is 3.35. The highest BCUT2D eigenvalue weighted by molar-refractivity contribution is 5.94. The zero-order valence-electron chi connectivity index (χ0n) is 12.5. The van der Waals surface area contributed by atoms with Crippen molar-refractivity contribution in [3.8, 4) is 0 Å². The standard InChI is InChI=1S/C15H20F2N2O2/c1-4-10(2)19(11(3)20)8-7-18-15(21)12-5-6-13(16)14(17)9-12/h5-6,9-10H,4,7-8H2,1-3H3,(H,18,21). The molecule has 0 bridgehead atoms. The summed E-state index contributed by atoms with van der Waals surface area (Å²) in [7, 11) is 0. The van der Waals surface area contributed by atoms with Gasteiger partial charge in [-0.15, -0.1) is 0 Å². The van der Waals surface area contributed by atoms with Gasteiger partial charge in [0, 0.05) is 31.6 Å². The number of hydrogen-bond acceptors (Lipinski definition) is 2. The summed E-state index contributed by atoms with van der Waals surface area (Å²) in [6.45, 7) is 6.00. The first kappa shape index (κ1) is 17.1. The van der Waals surface area contributed by atoms with Gasteiger partial charge in [0.1, 0.15) is 0 Å². The molecule has 2 amide bonds. The molecule has 1 rings (SSSR count). The van der Waals surface area contributed by atoms with Crippen molar-refractivity contribution in [2.45, 2.75) is 33.2 Å². The molecule has 21 heavy (non-hydrogen) atoms. The largest absolute Gasteiger partial charge is 0.350 e. The Hall–Kier alpha value is -1.98. The predicted molar refractivity (Wildman–Crippen MR) is 75.8 cm³/mol. The fourth-order valence-corrected chi connectivity index (χ4v) is 1.94. The third kappa shape index (κ3) is 4.81. The molecule has 0 saturated heterocycles. The highest BCUT2D eigenvalue weighted by atomic mass is 19.2. The Morgan fingerprint density at radius 1 is 1.29 bits per heavy atom. The minimum atomic E-state index is -1.06. The minimum Gasteiger partial charge on any atom is -0.350 e. The molecule has 0 aromatic heterocycles. The summed E-state index contributed by atoms with van der Waals surface area (Å²) in [5.41, 5.74) is 0.0480. The molecule has 0 heterocycles. The number of nitrogens with zero attached hydrogens (tertiary/aromatic N) is 1. The molecule has 0 fully saturated rings. The Bertz CT molecular complexity index is 520. The van der Waals surface area contributed by atoms with Crippen LogP contribution in [0.25, 0.3) is 0 Å². The number of halogens is 2. The number of amides is 2. The number of hydrogen-bond donors (Lipinski definition) is 1. The molecule has 0 spiro atoms. The third-order valence-electron chi connectivity index (χ3n) is 3.35. The van der Waals surface area contributed by atoms with E-state index in [0.717, 1.165) is 18.6 Å². The van der Waals surface area contributed by atoms with Crippen LogP contribution in [0.3, 0.4) is 0 Å². The van der Waals surface area contributed by atoms with Crippen LogP contribution in [-0.4, -0.2) is 35.8 Å². The molecular formula is C15H20F2N2O2. The van der Waals surface area contributed by atoms with Crippen LogP contribution in [0.5, 0.6) is 0 Å². The normalized spacial score (nSPS) is 11.9. The van der Waals surface area contributed by atoms with E-state index in [0.29, 0.717) is 6.54 Å². The van der Waals surface area contributed by atoms with Crippen LogP contribution in [-0.2, 0) is 4.79 Å². The summed E-state index contributed by atoms with van der Waals surface area (Å²) in [6, 6.07) is 3.06. The van der Waals surface area contributed by atoms with Gasteiger partial charge in [-0.25, -0.2) is 8.78 Å². The highest BCUT2D eigenvalue weighted by Crippen LogP contribution is 2.08. The monoisotopic (exact) mass is 298 g/mol. The number of rotatable bonds is 6. The number of nitrogens with one attached hydrogen (secondary N) is 1. The first-order chi connectivity index (χ1) is 9.86. The van der Waals surface area contributed by atoms with E-state index >= 15 is 0 Å². The van der Waals surface area contributed by atoms with E-state index in [1.165, 1.54) is 13.0 Å². The average molecular weight is 298 g/mol. The van der Waals surface area contributed by atoms with Crippen molar-refractivity contribution in [2.75, 3.05) is 13.1 Å². The number of benzene rings is 1. The van der Waals surface area contributed by atoms with Crippen molar-refractivity contribution in [3.05, 3.63) is 35.4 Å². The van der Waals surface area contributed by atoms with E-state index in [1.54, 1.807) is 4.90 Å². The van der Waals surface area contributed by atoms with Gasteiger partial charge >= 0.3 is 0 Å². The second-order valence-corrected chi connectivity index (χ2v) is 4.85. The van der Waals surface area contributed by atoms with Crippen molar-refractivity contribution in [2.24, 2.45) is 0 Å². The van der Waals surface area contributed by atoms with Crippen LogP contribution in [0.1, 0.15) is 37.6 Å². The van der Waals surface area contributed by atoms with Crippen molar-refractivity contribution in [3.63, 3.8) is 0 Å². The lowest BCUT2D eigenvalue weighted by atomic mass is 10.2. The average Bonchev–Trinajstić information content (AvgIpc) is 2.45. The fraction of sp³-hybridized carbons (Fsp3) is 0.467. The van der Waals surface area contributed by atoms with Gasteiger partial charge in [-0.1, -0.05) is 6.92 Å². The van der Waals surface area contributed by atoms with Gasteiger partial charge in [-0.3, -0.25) is 9.59 Å². The smallest absolute Gasteiger partial charge is 0.251 e. The molecule has 0 radical (unpaired) electrons. The van der Waals surface area contributed by atoms with E-state index in [-0.39, 0.29) is 24.1 Å². The van der Waals surface area contributed by atoms with E-state index in [9.17, 15) is 18.4 Å². The molecule has 1 aromatic rings. The molecule has 1 atom stereocenters. The SMILES string of the molecule is CCC(C)N(CCNC(=O)c1ccc(F)c(F)c1)C(C)=O. The molecule has 0 aliphatic rings. The fourth-order valence-electron chi connectivity index (χ4n) is 1.94. The number of carbonyl (C=O) groups is 2. The van der Waals surface area contributed by atoms with Gasteiger partial charge in [0.15, 0.2) is 11.6 Å². The lowest BCUT2D eigenvalue weighted by molar-refractivity contribution is -0.130. The highest BCUT2D eigenvalue weighted by Gasteiger charge is 2.15. The molecule has 0 saturated carbocycles. The molecule has 0 aliphatic heterocycles. The Morgan fingerprint density at radius 3 is 2.48 bits per heavy atom. The van der Waals surface area contributed by atoms with Gasteiger partial charge in [0.05, 0.1) is 0 Å². The van der Waals surface area contributed by atoms with Crippen LogP contribution < -0.4 is 5.32 Å². The van der Waals surface area contributed by atoms with Gasteiger partial charge in [0.2, 0.25) is 5.91 Å². The van der Waals surface area contributed by atoms with Crippen LogP contribution in [0.4, 0.5) is 8.78 Å². The summed E-state index contributed by atoms with van der Waals surface area (Å²) < 4.78 is 25.8. The van der Waals surface area contributed by atoms with Crippen LogP contribution in [0, 0.1) is 11.6 Å². The molecule has 0 aliphatic carbocycles. The maximum absolute atomic E-state index is 13.0. The quantitative estimate of drug-likeness (QED) is 0.876. The number of carbonyl (C=O) groups excluding carboxylic acids is 2. The van der Waals surface area contributed by atoms with Gasteiger partial charge < -0.3 is 10.2 Å². The summed E-state index contributed by atoms with van der Waals surface area (Å²) >= 11 is 0. The Labute approximate surface area is 123 Å². The Balaban J connectivity index is 2.56. The summed E-state index contributed by atoms with van der Waals surface area (Å²) in [5.74, 6) is -2.62. The van der Waals surface area contributed by atoms with Crippen LogP contribution in [0.15, 0.2) is 18.2 Å². The van der Waals surface area contributed by atoms with E-state index in [4.69, 9.17) is 0 Å². The van der Waals surface area contributed by atoms with E-state index < -0.39 is 17.5 Å². The van der Waals surface area contributed by atoms with Crippen molar-refractivity contribution < 1.29 is 18.4 Å². The molecule has 4 nitrogen and oxygen atoms in total. The topological polar surface area (TPSA) is 49.4 Å². The molecule has 1 N–H and O–H groups in total. The van der Waals surface area contributed by atoms with E-state index in [2.05, 4.69) is 5.32 Å². The van der Waals surface area contributed by atoms with Gasteiger partial charge in [-0.05, 0) is 31.5 Å². The molecule has 6 heteroatoms. The summed E-state index contributed by atoms with van der Waals surface area (Å²) in [4.78, 5) is 24.9. The van der Waals surface area contributed by atoms with Gasteiger partial charge in [-0.2, -0.15) is 0 Å². The predicted octanol–water partition coefficient (Wildman–Crippen LogP) is 2.34. The maximum Gasteiger partial charge on any atom is 0.251 e. The molecule has 1 aromatic carbocycles. The lowest BCUT2D eigenvalue weighted by Gasteiger charge is -2.27. The van der Waals surface area contributed by atoms with E-state index in [1.807, 2.05) is 13.8 Å². The van der Waals surface area contributed by atoms with Crippen molar-refractivity contribution in [1.29, 1.82) is 0 Å². The maximum atomic E-state index is 13.0. The first-order valence-electron chi connectivity index (χ1n) is 6.87. The molecular weight excluding hydrogens is 278 g/mol. The zero-order chi connectivity index (χ0) is 16.0. The Kier molecular flexibility index (Phi) is 6.27. The van der Waals surface area contributed by atoms with Crippen LogP contribution in [0.2, 0.25) is 0 Å². The molecule has 1 unspecified atom stereocenters. The summed E-state index contributed by atoms with van der Waals surface area (Å²) in [6.07, 6.45) is 0.816. The lowest BCUT2D eigenvalue weighted by Crippen LogP contribution is -2.42. The molecule has 116 valence electrons. The van der Waals surface area contributed by atoms with Crippen molar-refractivity contribution >= 4 is 11.8 Å². The minimum absolute atomic E-state index is 0.0480. The second kappa shape index (κ2) is 7.71. The second-order valence-electron chi connectivity index (χ2n) is 4.85. The van der Waals surface area contributed by atoms with Crippen molar-refractivity contribution in [1.82, 2.24) is 10.2 Å². The zero-order valence-corrected chi connectivity index (χ0v) is 12.5. The summed E-state index contributed by atoms with van der Waals surface area (Å²) in [5, 5.41) is 2.59. The Morgan fingerprint density at radius 2 is 1.95 bits per heavy atom. The first-order valence-corrected chi connectivity index (χ1v) is 6.87. The van der Waals surface area contributed by atoms with Gasteiger partial charge in [0.25, 0.3) is 5.91 Å². The van der Waals surface area contributed by atoms with Crippen LogP contribution >= 0.6 is 0 Å².